The minimum Gasteiger partial charge on any atom is -0.463 e. The molecule has 3 aliphatic heterocycles. The van der Waals surface area contributed by atoms with Gasteiger partial charge in [-0.2, -0.15) is 15.1 Å². The van der Waals surface area contributed by atoms with E-state index in [1.807, 2.05) is 6.92 Å². The quantitative estimate of drug-likeness (QED) is 0.250. The Morgan fingerprint density at radius 2 is 1.89 bits per heavy atom. The number of nitrogens with zero attached hydrogens (tertiary/aromatic N) is 5. The number of rotatable bonds is 7. The largest absolute Gasteiger partial charge is 0.463 e. The van der Waals surface area contributed by atoms with Crippen molar-refractivity contribution in [1.82, 2.24) is 30.4 Å². The number of hydrogen-bond donors (Lipinski definition) is 2. The summed E-state index contributed by atoms with van der Waals surface area (Å²) in [5, 5.41) is 12.3. The molecule has 2 bridgehead atoms. The Kier molecular flexibility index (Phi) is 6.60. The number of anilines is 1. The van der Waals surface area contributed by atoms with E-state index in [0.29, 0.717) is 69.7 Å². The van der Waals surface area contributed by atoms with Crippen LogP contribution in [0.15, 0.2) is 12.1 Å². The Morgan fingerprint density at radius 3 is 2.64 bits per heavy atom. The van der Waals surface area contributed by atoms with Crippen molar-refractivity contribution in [1.29, 1.82) is 0 Å². The van der Waals surface area contributed by atoms with Crippen LogP contribution in [-0.4, -0.2) is 76.0 Å². The molecule has 11 heteroatoms. The number of benzene rings is 2. The van der Waals surface area contributed by atoms with Gasteiger partial charge in [0.1, 0.15) is 17.2 Å². The van der Waals surface area contributed by atoms with E-state index in [0.717, 1.165) is 45.3 Å². The number of likely N-dealkylation sites (tertiary alicyclic amines) is 1. The van der Waals surface area contributed by atoms with Crippen molar-refractivity contribution in [2.45, 2.75) is 70.9 Å². The van der Waals surface area contributed by atoms with Crippen LogP contribution >= 0.6 is 11.6 Å². The van der Waals surface area contributed by atoms with E-state index in [2.05, 4.69) is 37.2 Å². The second-order valence-electron chi connectivity index (χ2n) is 14.0. The Bertz CT molecular complexity index is 1800. The number of hydrogen-bond acceptors (Lipinski definition) is 7. The summed E-state index contributed by atoms with van der Waals surface area (Å²) in [4.78, 5) is 14.2. The molecule has 232 valence electrons. The summed E-state index contributed by atoms with van der Waals surface area (Å²) in [7, 11) is 0. The Balaban J connectivity index is 1.26. The first-order chi connectivity index (χ1) is 21.1. The lowest BCUT2D eigenvalue weighted by Crippen LogP contribution is -2.58. The van der Waals surface area contributed by atoms with Gasteiger partial charge >= 0.3 is 6.01 Å². The minimum atomic E-state index is -0.747. The summed E-state index contributed by atoms with van der Waals surface area (Å²) in [5.41, 5.74) is 2.10. The highest BCUT2D eigenvalue weighted by Crippen LogP contribution is 2.47. The molecule has 5 heterocycles. The van der Waals surface area contributed by atoms with E-state index in [1.165, 1.54) is 18.9 Å². The summed E-state index contributed by atoms with van der Waals surface area (Å²) in [6, 6.07) is 3.53. The average Bonchev–Trinajstić information content (AvgIpc) is 3.23. The van der Waals surface area contributed by atoms with Gasteiger partial charge in [-0.25, -0.2) is 8.78 Å². The Hall–Kier alpha value is -3.08. The van der Waals surface area contributed by atoms with E-state index in [-0.39, 0.29) is 28.0 Å². The number of ether oxygens (including phenoxy) is 1. The van der Waals surface area contributed by atoms with Crippen LogP contribution in [-0.2, 0) is 0 Å². The van der Waals surface area contributed by atoms with Gasteiger partial charge in [0.2, 0.25) is 0 Å². The van der Waals surface area contributed by atoms with Crippen LogP contribution in [0.5, 0.6) is 6.01 Å². The van der Waals surface area contributed by atoms with Crippen LogP contribution < -0.4 is 15.0 Å². The third-order valence-electron chi connectivity index (χ3n) is 10.4. The molecule has 2 aromatic heterocycles. The minimum absolute atomic E-state index is 0.0514. The fraction of sp³-hybridized carbons (Fsp3) is 0.545. The van der Waals surface area contributed by atoms with Crippen molar-refractivity contribution in [3.05, 3.63) is 40.0 Å². The first-order valence-electron chi connectivity index (χ1n) is 15.8. The van der Waals surface area contributed by atoms with E-state index in [9.17, 15) is 0 Å². The number of aromatic amines is 1. The SMILES string of the molecule is Cc1c(Cl)cc2n[nH]c(C)c2c1-c1c(F)cc2c(N3C[C@H]4CC[C@@](C)(C3)N4)nc(OCC3(CN4CCCC4)CC3)nc2c1F. The number of H-pyrrole nitrogens is 1. The molecule has 8 rings (SSSR count). The predicted octanol–water partition coefficient (Wildman–Crippen LogP) is 6.31. The maximum atomic E-state index is 16.9. The second kappa shape index (κ2) is 10.2. The third-order valence-corrected chi connectivity index (χ3v) is 10.8. The summed E-state index contributed by atoms with van der Waals surface area (Å²) in [6.07, 6.45) is 6.78. The van der Waals surface area contributed by atoms with Crippen LogP contribution in [0.25, 0.3) is 32.9 Å². The van der Waals surface area contributed by atoms with Crippen LogP contribution in [0.3, 0.4) is 0 Å². The fourth-order valence-electron chi connectivity index (χ4n) is 7.87. The van der Waals surface area contributed by atoms with Gasteiger partial charge in [-0.3, -0.25) is 5.10 Å². The van der Waals surface area contributed by atoms with Crippen LogP contribution in [0.2, 0.25) is 5.02 Å². The third kappa shape index (κ3) is 4.72. The molecule has 2 aromatic carbocycles. The van der Waals surface area contributed by atoms with E-state index >= 15 is 8.78 Å². The zero-order valence-electron chi connectivity index (χ0n) is 25.5. The molecular weight excluding hydrogens is 584 g/mol. The molecule has 0 unspecified atom stereocenters. The molecule has 4 aromatic rings. The molecule has 44 heavy (non-hydrogen) atoms. The fourth-order valence-corrected chi connectivity index (χ4v) is 8.07. The molecule has 2 N–H and O–H groups in total. The van der Waals surface area contributed by atoms with Crippen molar-refractivity contribution in [2.24, 2.45) is 5.41 Å². The number of fused-ring (bicyclic) bond motifs is 4. The van der Waals surface area contributed by atoms with Crippen molar-refractivity contribution in [2.75, 3.05) is 44.2 Å². The molecule has 0 radical (unpaired) electrons. The first kappa shape index (κ1) is 28.4. The lowest BCUT2D eigenvalue weighted by atomic mass is 9.93. The van der Waals surface area contributed by atoms with E-state index < -0.39 is 11.6 Å². The van der Waals surface area contributed by atoms with Gasteiger partial charge in [0.15, 0.2) is 5.82 Å². The highest BCUT2D eigenvalue weighted by Gasteiger charge is 2.46. The standard InChI is InChI=1S/C33H38ClF2N7O/c1-18-22(34)13-24-26(19(2)40-41-24)25(18)27-23(35)12-21-29(28(27)36)37-31(44-17-33(8-9-33)16-42-10-4-5-11-42)38-30(21)43-14-20-6-7-32(3,15-43)39-20/h12-13,20,39H,4-11,14-17H2,1-3H3,(H,40,41)/t20-,32+/m1/s1. The first-order valence-corrected chi connectivity index (χ1v) is 16.2. The van der Waals surface area contributed by atoms with Crippen molar-refractivity contribution >= 4 is 39.2 Å². The maximum Gasteiger partial charge on any atom is 0.319 e. The van der Waals surface area contributed by atoms with Gasteiger partial charge in [0, 0.05) is 63.7 Å². The van der Waals surface area contributed by atoms with Gasteiger partial charge in [-0.1, -0.05) is 11.6 Å². The summed E-state index contributed by atoms with van der Waals surface area (Å²) < 4.78 is 39.6. The molecule has 0 spiro atoms. The molecule has 1 saturated carbocycles. The molecule has 1 aliphatic carbocycles. The van der Waals surface area contributed by atoms with Crippen molar-refractivity contribution in [3.8, 4) is 17.1 Å². The number of piperazine rings is 1. The number of nitrogens with one attached hydrogen (secondary N) is 2. The second-order valence-corrected chi connectivity index (χ2v) is 14.4. The number of aryl methyl sites for hydroxylation is 1. The molecule has 4 fully saturated rings. The predicted molar refractivity (Wildman–Crippen MR) is 169 cm³/mol. The summed E-state index contributed by atoms with van der Waals surface area (Å²) >= 11 is 6.56. The molecule has 4 aliphatic rings. The maximum absolute atomic E-state index is 16.9. The van der Waals surface area contributed by atoms with Crippen LogP contribution in [0, 0.1) is 30.9 Å². The summed E-state index contributed by atoms with van der Waals surface area (Å²) in [6.45, 7) is 10.9. The van der Waals surface area contributed by atoms with Gasteiger partial charge in [0.25, 0.3) is 0 Å². The smallest absolute Gasteiger partial charge is 0.319 e. The topological polar surface area (TPSA) is 82.2 Å². The molecule has 8 nitrogen and oxygen atoms in total. The average molecular weight is 622 g/mol. The van der Waals surface area contributed by atoms with Gasteiger partial charge in [-0.15, -0.1) is 0 Å². The molecule has 0 amide bonds. The molecular formula is C33H38ClF2N7O. The lowest BCUT2D eigenvalue weighted by molar-refractivity contribution is 0.170. The number of halogens is 3. The molecule has 2 atom stereocenters. The van der Waals surface area contributed by atoms with Crippen molar-refractivity contribution in [3.63, 3.8) is 0 Å². The zero-order chi connectivity index (χ0) is 30.4. The van der Waals surface area contributed by atoms with E-state index in [4.69, 9.17) is 21.3 Å². The highest BCUT2D eigenvalue weighted by atomic mass is 35.5. The zero-order valence-corrected chi connectivity index (χ0v) is 26.3. The van der Waals surface area contributed by atoms with Gasteiger partial charge in [-0.05, 0) is 90.1 Å². The summed E-state index contributed by atoms with van der Waals surface area (Å²) in [5.74, 6) is -0.915. The highest BCUT2D eigenvalue weighted by molar-refractivity contribution is 6.33. The van der Waals surface area contributed by atoms with Gasteiger partial charge in [0.05, 0.1) is 17.7 Å². The lowest BCUT2D eigenvalue weighted by Gasteiger charge is -2.40. The number of aromatic nitrogens is 4. The monoisotopic (exact) mass is 621 g/mol. The Labute approximate surface area is 260 Å². The molecule has 3 saturated heterocycles. The van der Waals surface area contributed by atoms with Crippen molar-refractivity contribution < 1.29 is 13.5 Å². The van der Waals surface area contributed by atoms with Crippen LogP contribution in [0.1, 0.15) is 56.7 Å². The normalized spacial score (nSPS) is 24.6. The van der Waals surface area contributed by atoms with E-state index in [1.54, 1.807) is 13.0 Å². The van der Waals surface area contributed by atoms with Gasteiger partial charge < -0.3 is 19.9 Å². The Morgan fingerprint density at radius 1 is 1.09 bits per heavy atom. The van der Waals surface area contributed by atoms with Crippen LogP contribution in [0.4, 0.5) is 14.6 Å².